The molecule has 0 amide bonds. The molecule has 0 heterocycles. The predicted molar refractivity (Wildman–Crippen MR) is 52.4 cm³/mol. The second-order valence-corrected chi connectivity index (χ2v) is 3.81. The van der Waals surface area contributed by atoms with Gasteiger partial charge >= 0.3 is 0 Å². The fourth-order valence-corrected chi connectivity index (χ4v) is 2.00. The summed E-state index contributed by atoms with van der Waals surface area (Å²) in [5, 5.41) is 9.17. The van der Waals surface area contributed by atoms with E-state index in [-0.39, 0.29) is 20.6 Å². The van der Waals surface area contributed by atoms with Crippen molar-refractivity contribution in [3.63, 3.8) is 0 Å². The zero-order valence-electron chi connectivity index (χ0n) is 6.65. The largest absolute Gasteiger partial charge is 0.382 e. The molecule has 0 saturated heterocycles. The molecular weight excluding hydrogens is 256 g/mol. The first-order valence-electron chi connectivity index (χ1n) is 3.54. The second-order valence-electron chi connectivity index (χ2n) is 2.56. The van der Waals surface area contributed by atoms with Gasteiger partial charge in [-0.1, -0.05) is 34.8 Å². The lowest BCUT2D eigenvalue weighted by atomic mass is 10.1. The van der Waals surface area contributed by atoms with E-state index in [9.17, 15) is 8.78 Å². The lowest BCUT2D eigenvalue weighted by molar-refractivity contribution is -0.00567. The molecule has 0 aliphatic rings. The predicted octanol–water partition coefficient (Wildman–Crippen LogP) is 3.95. The van der Waals surface area contributed by atoms with E-state index >= 15 is 0 Å². The van der Waals surface area contributed by atoms with Crippen LogP contribution in [0.4, 0.5) is 8.78 Å². The monoisotopic (exact) mass is 260 g/mol. The van der Waals surface area contributed by atoms with E-state index < -0.39 is 12.5 Å². The van der Waals surface area contributed by atoms with Gasteiger partial charge in [0.15, 0.2) is 0 Å². The highest BCUT2D eigenvalue weighted by Crippen LogP contribution is 2.35. The molecule has 0 saturated carbocycles. The average molecular weight is 261 g/mol. The summed E-state index contributed by atoms with van der Waals surface area (Å²) in [6.07, 6.45) is -4.93. The molecule has 0 bridgehead atoms. The van der Waals surface area contributed by atoms with Crippen LogP contribution in [0, 0.1) is 0 Å². The van der Waals surface area contributed by atoms with E-state index in [0.717, 1.165) is 0 Å². The molecule has 0 aliphatic heterocycles. The third-order valence-corrected chi connectivity index (χ3v) is 2.42. The van der Waals surface area contributed by atoms with Crippen molar-refractivity contribution in [2.45, 2.75) is 12.5 Å². The Labute approximate surface area is 94.2 Å². The van der Waals surface area contributed by atoms with Crippen molar-refractivity contribution in [3.8, 4) is 0 Å². The van der Waals surface area contributed by atoms with Crippen LogP contribution in [-0.4, -0.2) is 11.5 Å². The standard InChI is InChI=1S/C8H5Cl3F2O/c9-3-1-4(10)6(5(11)2-3)7(14)8(12)13/h1-2,7-8,14H. The molecule has 1 N–H and O–H groups in total. The zero-order valence-corrected chi connectivity index (χ0v) is 8.91. The average Bonchev–Trinajstić information content (AvgIpc) is 2.01. The summed E-state index contributed by atoms with van der Waals surface area (Å²) in [4.78, 5) is 0. The maximum atomic E-state index is 12.2. The first-order chi connectivity index (χ1) is 6.43. The molecule has 6 heteroatoms. The van der Waals surface area contributed by atoms with Gasteiger partial charge in [0.2, 0.25) is 0 Å². The minimum absolute atomic E-state index is 0.0738. The van der Waals surface area contributed by atoms with Crippen LogP contribution in [-0.2, 0) is 0 Å². The van der Waals surface area contributed by atoms with E-state index in [0.29, 0.717) is 0 Å². The normalized spacial score (nSPS) is 13.4. The first kappa shape index (κ1) is 12.0. The number of alkyl halides is 2. The van der Waals surface area contributed by atoms with E-state index in [1.165, 1.54) is 12.1 Å². The number of halogens is 5. The molecule has 0 aromatic heterocycles. The van der Waals surface area contributed by atoms with Crippen LogP contribution in [0.1, 0.15) is 11.7 Å². The smallest absolute Gasteiger partial charge is 0.268 e. The Morgan fingerprint density at radius 2 is 1.50 bits per heavy atom. The summed E-state index contributed by atoms with van der Waals surface area (Å²) in [5.74, 6) is 0. The maximum absolute atomic E-state index is 12.2. The van der Waals surface area contributed by atoms with Gasteiger partial charge in [0.05, 0.1) is 0 Å². The van der Waals surface area contributed by atoms with Crippen molar-refractivity contribution < 1.29 is 13.9 Å². The molecule has 1 aromatic rings. The minimum Gasteiger partial charge on any atom is -0.382 e. The number of rotatable bonds is 2. The zero-order chi connectivity index (χ0) is 10.9. The topological polar surface area (TPSA) is 20.2 Å². The second kappa shape index (κ2) is 4.62. The molecular formula is C8H5Cl3F2O. The van der Waals surface area contributed by atoms with Crippen molar-refractivity contribution in [1.29, 1.82) is 0 Å². The number of aliphatic hydroxyl groups excluding tert-OH is 1. The molecule has 0 fully saturated rings. The first-order valence-corrected chi connectivity index (χ1v) is 4.67. The van der Waals surface area contributed by atoms with Crippen LogP contribution in [0.2, 0.25) is 15.1 Å². The Morgan fingerprint density at radius 1 is 1.07 bits per heavy atom. The Hall–Kier alpha value is -0.0900. The van der Waals surface area contributed by atoms with Crippen molar-refractivity contribution in [3.05, 3.63) is 32.8 Å². The van der Waals surface area contributed by atoms with Crippen LogP contribution < -0.4 is 0 Å². The van der Waals surface area contributed by atoms with E-state index in [4.69, 9.17) is 39.9 Å². The molecule has 0 spiro atoms. The van der Waals surface area contributed by atoms with Gasteiger partial charge in [-0.05, 0) is 12.1 Å². The summed E-state index contributed by atoms with van der Waals surface area (Å²) in [6.45, 7) is 0. The molecule has 1 unspecified atom stereocenters. The highest BCUT2D eigenvalue weighted by Gasteiger charge is 2.24. The Kier molecular flexibility index (Phi) is 3.95. The van der Waals surface area contributed by atoms with Gasteiger partial charge in [0.1, 0.15) is 6.10 Å². The summed E-state index contributed by atoms with van der Waals surface area (Å²) < 4.78 is 24.3. The highest BCUT2D eigenvalue weighted by atomic mass is 35.5. The van der Waals surface area contributed by atoms with Gasteiger partial charge in [-0.3, -0.25) is 0 Å². The molecule has 1 atom stereocenters. The van der Waals surface area contributed by atoms with Gasteiger partial charge in [0.25, 0.3) is 6.43 Å². The van der Waals surface area contributed by atoms with Crippen LogP contribution in [0.15, 0.2) is 12.1 Å². The van der Waals surface area contributed by atoms with Crippen molar-refractivity contribution >= 4 is 34.8 Å². The Balaban J connectivity index is 3.20. The molecule has 1 rings (SSSR count). The van der Waals surface area contributed by atoms with Crippen molar-refractivity contribution in [2.24, 2.45) is 0 Å². The molecule has 0 aliphatic carbocycles. The lowest BCUT2D eigenvalue weighted by Crippen LogP contribution is -2.09. The summed E-state index contributed by atoms with van der Waals surface area (Å²) in [6, 6.07) is 2.49. The Morgan fingerprint density at radius 3 is 1.86 bits per heavy atom. The van der Waals surface area contributed by atoms with Crippen LogP contribution in [0.25, 0.3) is 0 Å². The molecule has 78 valence electrons. The third kappa shape index (κ3) is 2.48. The van der Waals surface area contributed by atoms with Crippen molar-refractivity contribution in [1.82, 2.24) is 0 Å². The van der Waals surface area contributed by atoms with Crippen LogP contribution >= 0.6 is 34.8 Å². The Bertz CT molecular complexity index is 320. The van der Waals surface area contributed by atoms with Gasteiger partial charge in [0, 0.05) is 20.6 Å². The SMILES string of the molecule is OC(c1c(Cl)cc(Cl)cc1Cl)C(F)F. The number of benzene rings is 1. The summed E-state index contributed by atoms with van der Waals surface area (Å²) >= 11 is 16.8. The highest BCUT2D eigenvalue weighted by molar-refractivity contribution is 6.39. The number of hydrogen-bond acceptors (Lipinski definition) is 1. The summed E-state index contributed by atoms with van der Waals surface area (Å²) in [7, 11) is 0. The van der Waals surface area contributed by atoms with Gasteiger partial charge in [-0.15, -0.1) is 0 Å². The fraction of sp³-hybridized carbons (Fsp3) is 0.250. The van der Waals surface area contributed by atoms with E-state index in [1.54, 1.807) is 0 Å². The molecule has 14 heavy (non-hydrogen) atoms. The lowest BCUT2D eigenvalue weighted by Gasteiger charge is -2.13. The number of aliphatic hydroxyl groups is 1. The van der Waals surface area contributed by atoms with E-state index in [2.05, 4.69) is 0 Å². The number of hydrogen-bond donors (Lipinski definition) is 1. The molecule has 0 radical (unpaired) electrons. The third-order valence-electron chi connectivity index (χ3n) is 1.58. The maximum Gasteiger partial charge on any atom is 0.268 e. The molecule has 1 nitrogen and oxygen atoms in total. The molecule has 1 aromatic carbocycles. The van der Waals surface area contributed by atoms with Crippen molar-refractivity contribution in [2.75, 3.05) is 0 Å². The van der Waals surface area contributed by atoms with Gasteiger partial charge in [-0.25, -0.2) is 8.78 Å². The van der Waals surface area contributed by atoms with Crippen LogP contribution in [0.3, 0.4) is 0 Å². The van der Waals surface area contributed by atoms with Gasteiger partial charge in [-0.2, -0.15) is 0 Å². The summed E-state index contributed by atoms with van der Waals surface area (Å²) in [5.41, 5.74) is -0.201. The van der Waals surface area contributed by atoms with Crippen LogP contribution in [0.5, 0.6) is 0 Å². The quantitative estimate of drug-likeness (QED) is 0.855. The van der Waals surface area contributed by atoms with E-state index in [1.807, 2.05) is 0 Å². The fourth-order valence-electron chi connectivity index (χ4n) is 0.962. The van der Waals surface area contributed by atoms with Gasteiger partial charge < -0.3 is 5.11 Å². The minimum atomic E-state index is -2.94.